The normalized spacial score (nSPS) is 23.6. The summed E-state index contributed by atoms with van der Waals surface area (Å²) in [5.74, 6) is 0.464. The second kappa shape index (κ2) is 4.97. The van der Waals surface area contributed by atoms with Crippen molar-refractivity contribution in [3.63, 3.8) is 0 Å². The molecule has 1 aliphatic rings. The molecule has 0 bridgehead atoms. The zero-order valence-electron chi connectivity index (χ0n) is 12.7. The Kier molecular flexibility index (Phi) is 3.69. The largest absolute Gasteiger partial charge is 0.312 e. The van der Waals surface area contributed by atoms with E-state index in [9.17, 15) is 0 Å². The second-order valence-electron chi connectivity index (χ2n) is 6.37. The van der Waals surface area contributed by atoms with E-state index in [0.717, 1.165) is 0 Å². The van der Waals surface area contributed by atoms with Crippen LogP contribution in [0.3, 0.4) is 0 Å². The first kappa shape index (κ1) is 14.1. The summed E-state index contributed by atoms with van der Waals surface area (Å²) >= 11 is 0. The molecule has 19 heavy (non-hydrogen) atoms. The number of hydrogen-bond acceptors (Lipinski definition) is 1. The summed E-state index contributed by atoms with van der Waals surface area (Å²) in [7, 11) is 2.06. The second-order valence-corrected chi connectivity index (χ2v) is 6.37. The Morgan fingerprint density at radius 1 is 1.26 bits per heavy atom. The van der Waals surface area contributed by atoms with Gasteiger partial charge < -0.3 is 5.32 Å². The average molecular weight is 255 g/mol. The standard InChI is InChI=1S/C18H25N/c1-7-12-10-9-11-14-15(12)13(8-2)16(17(14)19-6)18(3,4)5/h7-11,16-17,19H,2H2,1,3-6H3/b12-7-. The highest BCUT2D eigenvalue weighted by molar-refractivity contribution is 5.66. The van der Waals surface area contributed by atoms with Gasteiger partial charge in [-0.05, 0) is 41.0 Å². The zero-order valence-corrected chi connectivity index (χ0v) is 12.7. The molecule has 0 amide bonds. The maximum Gasteiger partial charge on any atom is 0.0398 e. The highest BCUT2D eigenvalue weighted by Crippen LogP contribution is 2.44. The van der Waals surface area contributed by atoms with Crippen LogP contribution in [0, 0.1) is 11.3 Å². The first-order valence-corrected chi connectivity index (χ1v) is 7.04. The first-order valence-electron chi connectivity index (χ1n) is 7.04. The van der Waals surface area contributed by atoms with Crippen LogP contribution in [0.4, 0.5) is 0 Å². The molecule has 0 fully saturated rings. The van der Waals surface area contributed by atoms with Crippen molar-refractivity contribution in [1.82, 2.24) is 5.32 Å². The Balaban J connectivity index is 2.86. The van der Waals surface area contributed by atoms with E-state index < -0.39 is 0 Å². The molecular formula is C18H25N. The van der Waals surface area contributed by atoms with Crippen molar-refractivity contribution in [2.75, 3.05) is 7.05 Å². The lowest BCUT2D eigenvalue weighted by atomic mass is 9.74. The summed E-state index contributed by atoms with van der Waals surface area (Å²) in [5.41, 5.74) is 3.00. The minimum atomic E-state index is 0.210. The van der Waals surface area contributed by atoms with Gasteiger partial charge in [0.1, 0.15) is 0 Å². The third kappa shape index (κ3) is 2.17. The molecule has 1 heteroatoms. The minimum absolute atomic E-state index is 0.210. The van der Waals surface area contributed by atoms with Gasteiger partial charge in [0.15, 0.2) is 0 Å². The fourth-order valence-electron chi connectivity index (χ4n) is 3.45. The Labute approximate surface area is 116 Å². The number of hydrogen-bond donors (Lipinski definition) is 1. The fraction of sp³-hybridized carbons (Fsp3) is 0.444. The van der Waals surface area contributed by atoms with Crippen molar-refractivity contribution in [3.8, 4) is 0 Å². The van der Waals surface area contributed by atoms with Gasteiger partial charge in [-0.3, -0.25) is 0 Å². The lowest BCUT2D eigenvalue weighted by Crippen LogP contribution is -2.31. The molecule has 1 aliphatic carbocycles. The van der Waals surface area contributed by atoms with E-state index >= 15 is 0 Å². The van der Waals surface area contributed by atoms with Crippen LogP contribution >= 0.6 is 0 Å². The molecule has 1 nitrogen and oxygen atoms in total. The van der Waals surface area contributed by atoms with E-state index in [2.05, 4.69) is 77.0 Å². The zero-order chi connectivity index (χ0) is 14.2. The van der Waals surface area contributed by atoms with E-state index in [1.54, 1.807) is 0 Å². The van der Waals surface area contributed by atoms with Crippen molar-refractivity contribution >= 4 is 11.6 Å². The monoisotopic (exact) mass is 255 g/mol. The van der Waals surface area contributed by atoms with Gasteiger partial charge in [0.25, 0.3) is 0 Å². The lowest BCUT2D eigenvalue weighted by Gasteiger charge is -2.34. The van der Waals surface area contributed by atoms with Crippen LogP contribution < -0.4 is 15.8 Å². The highest BCUT2D eigenvalue weighted by atomic mass is 14.9. The van der Waals surface area contributed by atoms with Crippen LogP contribution in [0.2, 0.25) is 0 Å². The van der Waals surface area contributed by atoms with Crippen molar-refractivity contribution in [2.45, 2.75) is 33.7 Å². The summed E-state index contributed by atoms with van der Waals surface area (Å²) in [4.78, 5) is 0. The predicted octanol–water partition coefficient (Wildman–Crippen LogP) is 2.76. The molecule has 0 aliphatic heterocycles. The average Bonchev–Trinajstić information content (AvgIpc) is 2.71. The van der Waals surface area contributed by atoms with E-state index in [-0.39, 0.29) is 5.41 Å². The van der Waals surface area contributed by atoms with Crippen LogP contribution in [0.5, 0.6) is 0 Å². The molecule has 0 saturated carbocycles. The third-order valence-electron chi connectivity index (χ3n) is 4.20. The molecule has 1 N–H and O–H groups in total. The summed E-state index contributed by atoms with van der Waals surface area (Å²) in [6.07, 6.45) is 4.25. The summed E-state index contributed by atoms with van der Waals surface area (Å²) in [6.45, 7) is 13.1. The van der Waals surface area contributed by atoms with Crippen LogP contribution in [-0.4, -0.2) is 7.05 Å². The van der Waals surface area contributed by atoms with Crippen LogP contribution in [0.25, 0.3) is 11.6 Å². The Morgan fingerprint density at radius 3 is 2.42 bits per heavy atom. The molecule has 0 spiro atoms. The van der Waals surface area contributed by atoms with Gasteiger partial charge in [-0.15, -0.1) is 0 Å². The minimum Gasteiger partial charge on any atom is -0.312 e. The van der Waals surface area contributed by atoms with E-state index in [1.165, 1.54) is 21.6 Å². The fourth-order valence-corrected chi connectivity index (χ4v) is 3.45. The molecular weight excluding hydrogens is 230 g/mol. The van der Waals surface area contributed by atoms with E-state index in [1.807, 2.05) is 0 Å². The van der Waals surface area contributed by atoms with Crippen LogP contribution in [0.15, 0.2) is 30.9 Å². The Morgan fingerprint density at radius 2 is 1.95 bits per heavy atom. The molecule has 2 rings (SSSR count). The molecule has 0 saturated heterocycles. The molecule has 1 aromatic rings. The van der Waals surface area contributed by atoms with E-state index in [4.69, 9.17) is 0 Å². The van der Waals surface area contributed by atoms with Crippen LogP contribution in [-0.2, 0) is 0 Å². The highest BCUT2D eigenvalue weighted by Gasteiger charge is 2.39. The molecule has 0 heterocycles. The maximum atomic E-state index is 4.07. The Hall–Kier alpha value is -1.34. The van der Waals surface area contributed by atoms with Crippen molar-refractivity contribution in [3.05, 3.63) is 46.9 Å². The van der Waals surface area contributed by atoms with Gasteiger partial charge in [0, 0.05) is 12.0 Å². The quantitative estimate of drug-likeness (QED) is 0.857. The van der Waals surface area contributed by atoms with Crippen molar-refractivity contribution in [1.29, 1.82) is 0 Å². The smallest absolute Gasteiger partial charge is 0.0398 e. The Bertz CT molecular complexity index is 602. The number of fused-ring (bicyclic) bond motifs is 1. The predicted molar refractivity (Wildman–Crippen MR) is 84.2 cm³/mol. The van der Waals surface area contributed by atoms with Gasteiger partial charge >= 0.3 is 0 Å². The molecule has 0 aromatic heterocycles. The van der Waals surface area contributed by atoms with Crippen LogP contribution in [0.1, 0.15) is 39.3 Å². The molecule has 0 radical (unpaired) electrons. The third-order valence-corrected chi connectivity index (χ3v) is 4.20. The van der Waals surface area contributed by atoms with Gasteiger partial charge in [0.2, 0.25) is 0 Å². The van der Waals surface area contributed by atoms with Gasteiger partial charge in [0.05, 0.1) is 0 Å². The number of nitrogens with one attached hydrogen (secondary N) is 1. The number of rotatable bonds is 2. The topological polar surface area (TPSA) is 12.0 Å². The van der Waals surface area contributed by atoms with Crippen molar-refractivity contribution in [2.24, 2.45) is 11.3 Å². The van der Waals surface area contributed by atoms with Crippen molar-refractivity contribution < 1.29 is 0 Å². The maximum absolute atomic E-state index is 4.07. The van der Waals surface area contributed by atoms with Gasteiger partial charge in [-0.2, -0.15) is 0 Å². The summed E-state index contributed by atoms with van der Waals surface area (Å²) in [6, 6.07) is 6.98. The molecule has 2 atom stereocenters. The SMILES string of the molecule is C=CC1=c2c(ccc/c2=C/C)C(NC)C1C(C)(C)C. The van der Waals surface area contributed by atoms with Gasteiger partial charge in [-0.1, -0.05) is 57.7 Å². The first-order chi connectivity index (χ1) is 8.95. The number of benzene rings is 1. The summed E-state index contributed by atoms with van der Waals surface area (Å²) in [5, 5.41) is 6.22. The number of allylic oxidation sites excluding steroid dienone is 1. The molecule has 1 aromatic carbocycles. The molecule has 102 valence electrons. The van der Waals surface area contributed by atoms with E-state index in [0.29, 0.717) is 12.0 Å². The van der Waals surface area contributed by atoms with Gasteiger partial charge in [-0.25, -0.2) is 0 Å². The lowest BCUT2D eigenvalue weighted by molar-refractivity contribution is 0.251. The summed E-state index contributed by atoms with van der Waals surface area (Å²) < 4.78 is 0. The molecule has 2 unspecified atom stereocenters.